The Balaban J connectivity index is 1.30. The van der Waals surface area contributed by atoms with Crippen LogP contribution in [0.2, 0.25) is 0 Å². The molecule has 0 radical (unpaired) electrons. The van der Waals surface area contributed by atoms with Crippen LogP contribution in [0.15, 0.2) is 53.3 Å². The van der Waals surface area contributed by atoms with Gasteiger partial charge in [0.1, 0.15) is 17.2 Å². The highest BCUT2D eigenvalue weighted by atomic mass is 19.1. The number of carbonyl (C=O) groups excluding carboxylic acids is 1. The molecule has 11 heteroatoms. The molecule has 4 aromatic rings. The number of amides is 1. The fourth-order valence-electron chi connectivity index (χ4n) is 4.17. The van der Waals surface area contributed by atoms with Crippen molar-refractivity contribution < 1.29 is 18.3 Å². The number of ether oxygens (including phenoxy) is 1. The molecule has 1 aromatic carbocycles. The summed E-state index contributed by atoms with van der Waals surface area (Å²) in [7, 11) is 0. The minimum absolute atomic E-state index is 0.169. The first-order chi connectivity index (χ1) is 17.7. The van der Waals surface area contributed by atoms with E-state index in [2.05, 4.69) is 20.3 Å². The molecule has 0 bridgehead atoms. The molecular weight excluding hydrogens is 477 g/mol. The zero-order valence-corrected chi connectivity index (χ0v) is 20.9. The van der Waals surface area contributed by atoms with Crippen molar-refractivity contribution in [3.8, 4) is 34.0 Å². The topological polar surface area (TPSA) is 125 Å². The van der Waals surface area contributed by atoms with Crippen molar-refractivity contribution >= 4 is 11.9 Å². The summed E-state index contributed by atoms with van der Waals surface area (Å²) < 4.78 is 26.4. The van der Waals surface area contributed by atoms with Gasteiger partial charge < -0.3 is 19.8 Å². The molecule has 1 fully saturated rings. The van der Waals surface area contributed by atoms with E-state index in [-0.39, 0.29) is 35.6 Å². The summed E-state index contributed by atoms with van der Waals surface area (Å²) >= 11 is 0. The van der Waals surface area contributed by atoms with Crippen LogP contribution in [0.1, 0.15) is 39.7 Å². The first-order valence-corrected chi connectivity index (χ1v) is 12.0. The monoisotopic (exact) mass is 505 g/mol. The summed E-state index contributed by atoms with van der Waals surface area (Å²) in [4.78, 5) is 18.4. The Morgan fingerprint density at radius 2 is 1.76 bits per heavy atom. The first kappa shape index (κ1) is 24.4. The van der Waals surface area contributed by atoms with Crippen LogP contribution in [-0.4, -0.2) is 54.6 Å². The van der Waals surface area contributed by atoms with Gasteiger partial charge in [0, 0.05) is 42.2 Å². The third-order valence-corrected chi connectivity index (χ3v) is 6.09. The van der Waals surface area contributed by atoms with Gasteiger partial charge in [-0.25, -0.2) is 14.2 Å². The number of halogens is 1. The summed E-state index contributed by atoms with van der Waals surface area (Å²) in [5.74, 6) is 0.372. The number of hydrogen-bond acceptors (Lipinski definition) is 8. The molecule has 3 aromatic heterocycles. The predicted molar refractivity (Wildman–Crippen MR) is 135 cm³/mol. The Hall–Kier alpha value is -4.28. The Kier molecular flexibility index (Phi) is 6.36. The summed E-state index contributed by atoms with van der Waals surface area (Å²) in [6.45, 7) is 6.81. The molecular formula is C26H28FN7O3. The van der Waals surface area contributed by atoms with E-state index in [0.29, 0.717) is 24.2 Å². The Morgan fingerprint density at radius 3 is 2.46 bits per heavy atom. The second kappa shape index (κ2) is 9.64. The predicted octanol–water partition coefficient (Wildman–Crippen LogP) is 4.96. The maximum atomic E-state index is 13.2. The molecule has 2 N–H and O–H groups in total. The number of benzene rings is 1. The average molecular weight is 506 g/mol. The number of aromatic nitrogens is 5. The number of piperidine rings is 1. The van der Waals surface area contributed by atoms with Crippen molar-refractivity contribution in [2.24, 2.45) is 0 Å². The third kappa shape index (κ3) is 5.45. The lowest BCUT2D eigenvalue weighted by Gasteiger charge is -2.33. The second-order valence-electron chi connectivity index (χ2n) is 9.98. The molecule has 192 valence electrons. The number of nitrogens with two attached hydrogens (primary N) is 1. The number of anilines is 1. The summed E-state index contributed by atoms with van der Waals surface area (Å²) in [5, 5.41) is 12.7. The molecule has 1 amide bonds. The van der Waals surface area contributed by atoms with Gasteiger partial charge in [-0.3, -0.25) is 4.68 Å². The van der Waals surface area contributed by atoms with E-state index in [4.69, 9.17) is 14.9 Å². The van der Waals surface area contributed by atoms with Gasteiger partial charge in [0.25, 0.3) is 5.89 Å². The molecule has 0 unspecified atom stereocenters. The second-order valence-corrected chi connectivity index (χ2v) is 9.98. The molecule has 10 nitrogen and oxygen atoms in total. The number of hydrogen-bond donors (Lipinski definition) is 1. The van der Waals surface area contributed by atoms with Crippen LogP contribution in [0.4, 0.5) is 15.0 Å². The SMILES string of the molecule is CC(C)(C)OC(=O)N1CCC(n2cc(-c3cnc(N)c(-c4nnc(-c5ccc(F)cc5)o4)c3)cn2)CC1. The van der Waals surface area contributed by atoms with Gasteiger partial charge in [-0.05, 0) is 63.9 Å². The minimum atomic E-state index is -0.513. The van der Waals surface area contributed by atoms with Gasteiger partial charge >= 0.3 is 6.09 Å². The minimum Gasteiger partial charge on any atom is -0.444 e. The van der Waals surface area contributed by atoms with Crippen molar-refractivity contribution in [2.75, 3.05) is 18.8 Å². The standard InChI is InChI=1S/C26H28FN7O3/c1-26(2,3)37-25(35)33-10-8-20(9-11-33)34-15-18(14-30-34)17-12-21(22(28)29-13-17)24-32-31-23(36-24)16-4-6-19(27)7-5-16/h4-7,12-15,20H,8-11H2,1-3H3,(H2,28,29). The fourth-order valence-corrected chi connectivity index (χ4v) is 4.17. The van der Waals surface area contributed by atoms with E-state index in [1.165, 1.54) is 12.1 Å². The molecule has 0 atom stereocenters. The van der Waals surface area contributed by atoms with Crippen LogP contribution in [0, 0.1) is 5.82 Å². The largest absolute Gasteiger partial charge is 0.444 e. The van der Waals surface area contributed by atoms with E-state index in [9.17, 15) is 9.18 Å². The Morgan fingerprint density at radius 1 is 1.05 bits per heavy atom. The quantitative estimate of drug-likeness (QED) is 0.413. The van der Waals surface area contributed by atoms with Crippen LogP contribution in [-0.2, 0) is 4.74 Å². The number of nitrogens with zero attached hydrogens (tertiary/aromatic N) is 6. The molecule has 4 heterocycles. The first-order valence-electron chi connectivity index (χ1n) is 12.0. The molecule has 37 heavy (non-hydrogen) atoms. The smallest absolute Gasteiger partial charge is 0.410 e. The fraction of sp³-hybridized carbons (Fsp3) is 0.346. The molecule has 1 saturated heterocycles. The zero-order valence-electron chi connectivity index (χ0n) is 20.9. The number of pyridine rings is 1. The van der Waals surface area contributed by atoms with E-state index in [1.54, 1.807) is 29.4 Å². The van der Waals surface area contributed by atoms with Gasteiger partial charge in [0.2, 0.25) is 5.89 Å². The summed E-state index contributed by atoms with van der Waals surface area (Å²) in [5.41, 5.74) is 8.35. The van der Waals surface area contributed by atoms with Crippen LogP contribution in [0.25, 0.3) is 34.0 Å². The molecule has 0 saturated carbocycles. The molecule has 1 aliphatic heterocycles. The van der Waals surface area contributed by atoms with Crippen molar-refractivity contribution in [3.05, 3.63) is 54.7 Å². The van der Waals surface area contributed by atoms with Gasteiger partial charge in [0.15, 0.2) is 0 Å². The van der Waals surface area contributed by atoms with Crippen LogP contribution in [0.5, 0.6) is 0 Å². The van der Waals surface area contributed by atoms with Gasteiger partial charge in [-0.2, -0.15) is 5.10 Å². The molecule has 1 aliphatic rings. The number of carbonyl (C=O) groups is 1. The van der Waals surface area contributed by atoms with Crippen LogP contribution < -0.4 is 5.73 Å². The highest BCUT2D eigenvalue weighted by molar-refractivity contribution is 5.75. The zero-order chi connectivity index (χ0) is 26.2. The number of nitrogen functional groups attached to an aromatic ring is 1. The van der Waals surface area contributed by atoms with Crippen molar-refractivity contribution in [2.45, 2.75) is 45.3 Å². The maximum absolute atomic E-state index is 13.2. The van der Waals surface area contributed by atoms with E-state index >= 15 is 0 Å². The maximum Gasteiger partial charge on any atom is 0.410 e. The summed E-state index contributed by atoms with van der Waals surface area (Å²) in [6.07, 6.45) is 6.68. The van der Waals surface area contributed by atoms with Gasteiger partial charge in [-0.15, -0.1) is 10.2 Å². The number of likely N-dealkylation sites (tertiary alicyclic amines) is 1. The van der Waals surface area contributed by atoms with E-state index < -0.39 is 5.60 Å². The van der Waals surface area contributed by atoms with Gasteiger partial charge in [0.05, 0.1) is 17.8 Å². The van der Waals surface area contributed by atoms with Crippen molar-refractivity contribution in [1.29, 1.82) is 0 Å². The summed E-state index contributed by atoms with van der Waals surface area (Å²) in [6, 6.07) is 7.79. The Labute approximate surface area is 213 Å². The van der Waals surface area contributed by atoms with Crippen molar-refractivity contribution in [1.82, 2.24) is 29.9 Å². The third-order valence-electron chi connectivity index (χ3n) is 6.09. The lowest BCUT2D eigenvalue weighted by molar-refractivity contribution is 0.0185. The van der Waals surface area contributed by atoms with Crippen LogP contribution >= 0.6 is 0 Å². The van der Waals surface area contributed by atoms with Crippen molar-refractivity contribution in [3.63, 3.8) is 0 Å². The molecule has 0 spiro atoms. The number of rotatable bonds is 4. The highest BCUT2D eigenvalue weighted by Crippen LogP contribution is 2.32. The van der Waals surface area contributed by atoms with E-state index in [1.807, 2.05) is 37.7 Å². The average Bonchev–Trinajstić information content (AvgIpc) is 3.55. The highest BCUT2D eigenvalue weighted by Gasteiger charge is 2.28. The lowest BCUT2D eigenvalue weighted by Crippen LogP contribution is -2.42. The van der Waals surface area contributed by atoms with Crippen LogP contribution in [0.3, 0.4) is 0 Å². The lowest BCUT2D eigenvalue weighted by atomic mass is 10.1. The normalized spacial score (nSPS) is 14.6. The van der Waals surface area contributed by atoms with E-state index in [0.717, 1.165) is 24.0 Å². The Bertz CT molecular complexity index is 1400. The molecule has 0 aliphatic carbocycles. The van der Waals surface area contributed by atoms with Gasteiger partial charge in [-0.1, -0.05) is 0 Å². The molecule has 5 rings (SSSR count).